The molecule has 2 aromatic heterocycles. The van der Waals surface area contributed by atoms with Crippen LogP contribution in [-0.4, -0.2) is 9.97 Å². The van der Waals surface area contributed by atoms with Gasteiger partial charge in [0.05, 0.1) is 22.4 Å². The first-order chi connectivity index (χ1) is 26.8. The van der Waals surface area contributed by atoms with Crippen LogP contribution in [-0.2, 0) is 0 Å². The van der Waals surface area contributed by atoms with E-state index in [4.69, 9.17) is 9.97 Å². The molecule has 0 bridgehead atoms. The first-order valence-electron chi connectivity index (χ1n) is 18.5. The minimum Gasteiger partial charge on any atom is -0.245 e. The maximum Gasteiger partial charge on any atom is 0.0972 e. The molecule has 0 N–H and O–H groups in total. The van der Waals surface area contributed by atoms with Gasteiger partial charge in [-0.3, -0.25) is 0 Å². The van der Waals surface area contributed by atoms with Gasteiger partial charge in [-0.15, -0.1) is 0 Å². The summed E-state index contributed by atoms with van der Waals surface area (Å²) in [7, 11) is 0. The van der Waals surface area contributed by atoms with Gasteiger partial charge in [-0.25, -0.2) is 9.97 Å². The zero-order valence-electron chi connectivity index (χ0n) is 29.4. The number of hydrogen-bond acceptors (Lipinski definition) is 2. The average molecular weight is 685 g/mol. The van der Waals surface area contributed by atoms with E-state index in [2.05, 4.69) is 188 Å². The van der Waals surface area contributed by atoms with Gasteiger partial charge in [0, 0.05) is 21.9 Å². The molecule has 2 heterocycles. The SMILES string of the molecule is c1ccc(-c2ccc3ccc4ccc(-c5c6ccccc6c(-c6ccc(-c7c8ccccc8cc8ccccc78)cc6)c6ccccc56)nc4c3n2)cc1. The predicted octanol–water partition coefficient (Wildman–Crippen LogP) is 14.1. The van der Waals surface area contributed by atoms with Gasteiger partial charge in [-0.1, -0.05) is 176 Å². The third-order valence-electron chi connectivity index (χ3n) is 11.0. The van der Waals surface area contributed by atoms with E-state index in [0.29, 0.717) is 0 Å². The molecule has 11 rings (SSSR count). The van der Waals surface area contributed by atoms with E-state index in [9.17, 15) is 0 Å². The van der Waals surface area contributed by atoms with Crippen LogP contribution in [0.15, 0.2) is 194 Å². The van der Waals surface area contributed by atoms with Crippen molar-refractivity contribution >= 4 is 64.9 Å². The molecule has 0 saturated carbocycles. The Balaban J connectivity index is 1.11. The van der Waals surface area contributed by atoms with Crippen LogP contribution in [0.4, 0.5) is 0 Å². The van der Waals surface area contributed by atoms with Gasteiger partial charge < -0.3 is 0 Å². The normalized spacial score (nSPS) is 11.7. The fourth-order valence-electron chi connectivity index (χ4n) is 8.52. The van der Waals surface area contributed by atoms with E-state index in [0.717, 1.165) is 44.3 Å². The number of aromatic nitrogens is 2. The third kappa shape index (κ3) is 4.81. The fraction of sp³-hybridized carbons (Fsp3) is 0. The molecule has 0 amide bonds. The molecule has 0 unspecified atom stereocenters. The standard InChI is InChI=1S/C52H32N2/c1-2-12-33(13-3-1)46-30-28-36-26-27-37-29-31-47(54-52(37)51(36)53-46)50-44-20-10-8-18-42(44)49(43-19-9-11-21-45(43)50)35-24-22-34(23-25-35)48-40-16-6-4-14-38(40)32-39-15-5-7-17-41(39)48/h1-32H. The molecule has 9 aromatic carbocycles. The highest BCUT2D eigenvalue weighted by Gasteiger charge is 2.19. The molecule has 0 spiro atoms. The molecule has 0 aliphatic rings. The van der Waals surface area contributed by atoms with Crippen LogP contribution < -0.4 is 0 Å². The van der Waals surface area contributed by atoms with E-state index in [1.165, 1.54) is 65.3 Å². The highest BCUT2D eigenvalue weighted by Crippen LogP contribution is 2.45. The maximum absolute atomic E-state index is 5.44. The van der Waals surface area contributed by atoms with Crippen molar-refractivity contribution in [2.24, 2.45) is 0 Å². The van der Waals surface area contributed by atoms with Crippen LogP contribution in [0.2, 0.25) is 0 Å². The smallest absolute Gasteiger partial charge is 0.0972 e. The number of pyridine rings is 2. The Labute approximate surface area is 312 Å². The van der Waals surface area contributed by atoms with Crippen molar-refractivity contribution in [1.82, 2.24) is 9.97 Å². The molecule has 0 aliphatic heterocycles. The van der Waals surface area contributed by atoms with Crippen LogP contribution in [0.25, 0.3) is 110 Å². The molecule has 11 aromatic rings. The molecular formula is C52H32N2. The molecule has 2 nitrogen and oxygen atoms in total. The van der Waals surface area contributed by atoms with E-state index in [-0.39, 0.29) is 0 Å². The van der Waals surface area contributed by atoms with Crippen molar-refractivity contribution in [3.63, 3.8) is 0 Å². The first-order valence-corrected chi connectivity index (χ1v) is 18.5. The molecule has 2 heteroatoms. The van der Waals surface area contributed by atoms with Crippen LogP contribution in [0.5, 0.6) is 0 Å². The summed E-state index contributed by atoms with van der Waals surface area (Å²) in [6.45, 7) is 0. The molecule has 250 valence electrons. The van der Waals surface area contributed by atoms with E-state index >= 15 is 0 Å². The lowest BCUT2D eigenvalue weighted by atomic mass is 9.86. The molecule has 54 heavy (non-hydrogen) atoms. The first kappa shape index (κ1) is 30.5. The Morgan fingerprint density at radius 2 is 0.630 bits per heavy atom. The summed E-state index contributed by atoms with van der Waals surface area (Å²) in [5, 5.41) is 12.0. The Kier molecular flexibility index (Phi) is 6.90. The lowest BCUT2D eigenvalue weighted by molar-refractivity contribution is 1.37. The summed E-state index contributed by atoms with van der Waals surface area (Å²) in [5.74, 6) is 0. The number of fused-ring (bicyclic) bond motifs is 7. The zero-order valence-corrected chi connectivity index (χ0v) is 29.4. The molecule has 0 fully saturated rings. The third-order valence-corrected chi connectivity index (χ3v) is 11.0. The molecule has 0 atom stereocenters. The molecule has 0 saturated heterocycles. The number of rotatable bonds is 4. The van der Waals surface area contributed by atoms with Crippen molar-refractivity contribution in [3.05, 3.63) is 194 Å². The lowest BCUT2D eigenvalue weighted by Crippen LogP contribution is -1.94. The van der Waals surface area contributed by atoms with Gasteiger partial charge in [0.2, 0.25) is 0 Å². The van der Waals surface area contributed by atoms with Crippen molar-refractivity contribution in [3.8, 4) is 44.8 Å². The second-order valence-electron chi connectivity index (χ2n) is 14.1. The highest BCUT2D eigenvalue weighted by atomic mass is 14.8. The highest BCUT2D eigenvalue weighted by molar-refractivity contribution is 6.22. The van der Waals surface area contributed by atoms with Gasteiger partial charge in [0.1, 0.15) is 0 Å². The Morgan fingerprint density at radius 1 is 0.241 bits per heavy atom. The minimum absolute atomic E-state index is 0.913. The summed E-state index contributed by atoms with van der Waals surface area (Å²) in [4.78, 5) is 10.6. The van der Waals surface area contributed by atoms with Gasteiger partial charge in [0.15, 0.2) is 0 Å². The summed E-state index contributed by atoms with van der Waals surface area (Å²) < 4.78 is 0. The lowest BCUT2D eigenvalue weighted by Gasteiger charge is -2.18. The summed E-state index contributed by atoms with van der Waals surface area (Å²) in [6, 6.07) is 69.8. The molecule has 0 radical (unpaired) electrons. The van der Waals surface area contributed by atoms with Gasteiger partial charge >= 0.3 is 0 Å². The fourth-order valence-corrected chi connectivity index (χ4v) is 8.52. The van der Waals surface area contributed by atoms with Crippen molar-refractivity contribution in [1.29, 1.82) is 0 Å². The second-order valence-corrected chi connectivity index (χ2v) is 14.1. The predicted molar refractivity (Wildman–Crippen MR) is 229 cm³/mol. The summed E-state index contributed by atoms with van der Waals surface area (Å²) in [5.41, 5.74) is 10.9. The van der Waals surface area contributed by atoms with Crippen LogP contribution in [0, 0.1) is 0 Å². The van der Waals surface area contributed by atoms with Gasteiger partial charge in [-0.05, 0) is 83.5 Å². The van der Waals surface area contributed by atoms with E-state index < -0.39 is 0 Å². The monoisotopic (exact) mass is 684 g/mol. The van der Waals surface area contributed by atoms with E-state index in [1.54, 1.807) is 0 Å². The van der Waals surface area contributed by atoms with Crippen molar-refractivity contribution in [2.45, 2.75) is 0 Å². The Hall–Kier alpha value is -7.16. The maximum atomic E-state index is 5.44. The second kappa shape index (κ2) is 12.2. The Bertz CT molecular complexity index is 3140. The van der Waals surface area contributed by atoms with Crippen molar-refractivity contribution in [2.75, 3.05) is 0 Å². The average Bonchev–Trinajstić information content (AvgIpc) is 3.24. The van der Waals surface area contributed by atoms with Crippen LogP contribution in [0.3, 0.4) is 0 Å². The zero-order chi connectivity index (χ0) is 35.6. The number of hydrogen-bond donors (Lipinski definition) is 0. The topological polar surface area (TPSA) is 25.8 Å². The largest absolute Gasteiger partial charge is 0.245 e. The summed E-state index contributed by atoms with van der Waals surface area (Å²) >= 11 is 0. The quantitative estimate of drug-likeness (QED) is 0.136. The minimum atomic E-state index is 0.913. The van der Waals surface area contributed by atoms with Crippen LogP contribution >= 0.6 is 0 Å². The van der Waals surface area contributed by atoms with Gasteiger partial charge in [0.25, 0.3) is 0 Å². The molecular weight excluding hydrogens is 653 g/mol. The number of nitrogens with zero attached hydrogens (tertiary/aromatic N) is 2. The Morgan fingerprint density at radius 3 is 1.17 bits per heavy atom. The van der Waals surface area contributed by atoms with Crippen LogP contribution in [0.1, 0.15) is 0 Å². The van der Waals surface area contributed by atoms with Gasteiger partial charge in [-0.2, -0.15) is 0 Å². The number of benzene rings is 9. The van der Waals surface area contributed by atoms with Crippen molar-refractivity contribution < 1.29 is 0 Å². The van der Waals surface area contributed by atoms with E-state index in [1.807, 2.05) is 6.07 Å². The summed E-state index contributed by atoms with van der Waals surface area (Å²) in [6.07, 6.45) is 0. The molecule has 0 aliphatic carbocycles.